The fourth-order valence-corrected chi connectivity index (χ4v) is 3.18. The number of guanidine groups is 1. The number of alkyl halides is 2. The highest BCUT2D eigenvalue weighted by molar-refractivity contribution is 14.0. The average molecular weight is 576 g/mol. The molecule has 0 aliphatic rings. The summed E-state index contributed by atoms with van der Waals surface area (Å²) in [5.41, 5.74) is 1.64. The highest BCUT2D eigenvalue weighted by atomic mass is 127. The molecule has 172 valence electrons. The number of rotatable bonds is 9. The molecular formula is C22H25ClF2IN5O. The lowest BCUT2D eigenvalue weighted by Gasteiger charge is -2.14. The minimum Gasteiger partial charge on any atom is -0.434 e. The molecule has 1 heterocycles. The van der Waals surface area contributed by atoms with E-state index < -0.39 is 6.61 Å². The van der Waals surface area contributed by atoms with Crippen LogP contribution in [0.5, 0.6) is 5.75 Å². The largest absolute Gasteiger partial charge is 0.434 e. The van der Waals surface area contributed by atoms with Gasteiger partial charge in [-0.2, -0.15) is 8.78 Å². The van der Waals surface area contributed by atoms with Crippen molar-refractivity contribution in [3.63, 3.8) is 0 Å². The Labute approximate surface area is 208 Å². The van der Waals surface area contributed by atoms with Gasteiger partial charge in [0, 0.05) is 36.1 Å². The first-order chi connectivity index (χ1) is 15.0. The van der Waals surface area contributed by atoms with E-state index in [0.29, 0.717) is 36.2 Å². The number of imidazole rings is 1. The zero-order valence-corrected chi connectivity index (χ0v) is 20.6. The van der Waals surface area contributed by atoms with Gasteiger partial charge in [0.1, 0.15) is 11.6 Å². The number of halogens is 4. The van der Waals surface area contributed by atoms with Gasteiger partial charge in [-0.25, -0.2) is 9.98 Å². The third kappa shape index (κ3) is 7.94. The van der Waals surface area contributed by atoms with Crippen LogP contribution < -0.4 is 15.4 Å². The molecule has 0 unspecified atom stereocenters. The highest BCUT2D eigenvalue weighted by Gasteiger charge is 2.11. The Morgan fingerprint density at radius 3 is 2.69 bits per heavy atom. The van der Waals surface area contributed by atoms with E-state index >= 15 is 0 Å². The fourth-order valence-electron chi connectivity index (χ4n) is 2.98. The summed E-state index contributed by atoms with van der Waals surface area (Å²) in [7, 11) is 0. The van der Waals surface area contributed by atoms with E-state index in [1.807, 2.05) is 31.3 Å². The molecule has 0 atom stereocenters. The van der Waals surface area contributed by atoms with Crippen molar-refractivity contribution in [1.82, 2.24) is 20.2 Å². The maximum atomic E-state index is 12.7. The molecule has 0 spiro atoms. The molecule has 0 saturated heterocycles. The van der Waals surface area contributed by atoms with Crippen molar-refractivity contribution in [1.29, 1.82) is 0 Å². The molecule has 6 nitrogen and oxygen atoms in total. The molecule has 32 heavy (non-hydrogen) atoms. The molecule has 0 bridgehead atoms. The Hall–Kier alpha value is -2.40. The van der Waals surface area contributed by atoms with Crippen molar-refractivity contribution in [3.8, 4) is 5.75 Å². The number of nitrogens with zero attached hydrogens (tertiary/aromatic N) is 3. The number of hydrogen-bond donors (Lipinski definition) is 2. The third-order valence-corrected chi connectivity index (χ3v) is 4.64. The number of ether oxygens (including phenoxy) is 1. The van der Waals surface area contributed by atoms with Crippen molar-refractivity contribution in [2.24, 2.45) is 4.99 Å². The summed E-state index contributed by atoms with van der Waals surface area (Å²) in [5.74, 6) is 1.43. The predicted octanol–water partition coefficient (Wildman–Crippen LogP) is 5.06. The van der Waals surface area contributed by atoms with Crippen molar-refractivity contribution in [2.75, 3.05) is 6.54 Å². The summed E-state index contributed by atoms with van der Waals surface area (Å²) < 4.78 is 32.0. The molecule has 0 saturated carbocycles. The van der Waals surface area contributed by atoms with Crippen LogP contribution in [0.3, 0.4) is 0 Å². The van der Waals surface area contributed by atoms with Crippen LogP contribution in [-0.4, -0.2) is 28.7 Å². The first-order valence-corrected chi connectivity index (χ1v) is 10.2. The number of nitrogens with one attached hydrogen (secondary N) is 2. The molecular weight excluding hydrogens is 551 g/mol. The van der Waals surface area contributed by atoms with E-state index in [2.05, 4.69) is 42.0 Å². The fraction of sp³-hybridized carbons (Fsp3) is 0.273. The van der Waals surface area contributed by atoms with Crippen molar-refractivity contribution in [3.05, 3.63) is 82.9 Å². The lowest BCUT2D eigenvalue weighted by molar-refractivity contribution is -0.0504. The van der Waals surface area contributed by atoms with Crippen molar-refractivity contribution >= 4 is 41.5 Å². The average Bonchev–Trinajstić information content (AvgIpc) is 3.19. The van der Waals surface area contributed by atoms with Gasteiger partial charge < -0.3 is 19.9 Å². The van der Waals surface area contributed by atoms with E-state index in [9.17, 15) is 8.78 Å². The van der Waals surface area contributed by atoms with E-state index in [1.54, 1.807) is 12.3 Å². The minimum absolute atomic E-state index is 0. The third-order valence-electron chi connectivity index (χ3n) is 4.40. The second kappa shape index (κ2) is 13.2. The maximum Gasteiger partial charge on any atom is 0.387 e. The second-order valence-corrected chi connectivity index (χ2v) is 7.07. The van der Waals surface area contributed by atoms with Gasteiger partial charge in [-0.05, 0) is 30.7 Å². The molecule has 0 amide bonds. The van der Waals surface area contributed by atoms with Crippen LogP contribution in [-0.2, 0) is 19.6 Å². The maximum absolute atomic E-state index is 12.7. The van der Waals surface area contributed by atoms with E-state index in [1.165, 1.54) is 17.7 Å². The topological polar surface area (TPSA) is 63.5 Å². The van der Waals surface area contributed by atoms with Crippen LogP contribution in [0.4, 0.5) is 8.78 Å². The highest BCUT2D eigenvalue weighted by Crippen LogP contribution is 2.25. The van der Waals surface area contributed by atoms with E-state index in [4.69, 9.17) is 11.6 Å². The Kier molecular flexibility index (Phi) is 10.7. The lowest BCUT2D eigenvalue weighted by atomic mass is 10.2. The molecule has 3 aromatic rings. The standard InChI is InChI=1S/C22H24ClF2N5O.HI/c1-2-26-22(28-13-17-12-18(23)8-9-19(17)31-21(24)25)29-14-20-27-10-11-30(20)15-16-6-4-3-5-7-16;/h3-12,21H,2,13-15H2,1H3,(H2,26,28,29);1H. The van der Waals surface area contributed by atoms with Crippen molar-refractivity contribution in [2.45, 2.75) is 33.2 Å². The van der Waals surface area contributed by atoms with Crippen LogP contribution in [0.1, 0.15) is 23.9 Å². The smallest absolute Gasteiger partial charge is 0.387 e. The summed E-state index contributed by atoms with van der Waals surface area (Å²) in [6.07, 6.45) is 3.68. The Bertz CT molecular complexity index is 1000. The summed E-state index contributed by atoms with van der Waals surface area (Å²) in [6.45, 7) is 0.942. The molecule has 2 N–H and O–H groups in total. The first-order valence-electron chi connectivity index (χ1n) is 9.84. The van der Waals surface area contributed by atoms with Crippen molar-refractivity contribution < 1.29 is 13.5 Å². The van der Waals surface area contributed by atoms with Gasteiger partial charge in [0.25, 0.3) is 0 Å². The molecule has 10 heteroatoms. The van der Waals surface area contributed by atoms with Crippen LogP contribution in [0.2, 0.25) is 5.02 Å². The van der Waals surface area contributed by atoms with Crippen LogP contribution in [0.15, 0.2) is 65.9 Å². The lowest BCUT2D eigenvalue weighted by Crippen LogP contribution is -2.37. The Balaban J connectivity index is 0.00000363. The van der Waals surface area contributed by atoms with Gasteiger partial charge in [0.2, 0.25) is 0 Å². The number of aromatic nitrogens is 2. The van der Waals surface area contributed by atoms with E-state index in [0.717, 1.165) is 5.82 Å². The molecule has 1 aromatic heterocycles. The number of hydrogen-bond acceptors (Lipinski definition) is 3. The summed E-state index contributed by atoms with van der Waals surface area (Å²) >= 11 is 6.01. The van der Waals surface area contributed by atoms with Crippen LogP contribution in [0, 0.1) is 0 Å². The van der Waals surface area contributed by atoms with Gasteiger partial charge in [0.15, 0.2) is 5.96 Å². The Morgan fingerprint density at radius 2 is 1.97 bits per heavy atom. The molecule has 0 radical (unpaired) electrons. The summed E-state index contributed by atoms with van der Waals surface area (Å²) in [4.78, 5) is 8.90. The minimum atomic E-state index is -2.92. The molecule has 0 aliphatic heterocycles. The van der Waals surface area contributed by atoms with E-state index in [-0.39, 0.29) is 36.3 Å². The molecule has 3 rings (SSSR count). The number of aliphatic imine (C=N–C) groups is 1. The molecule has 2 aromatic carbocycles. The monoisotopic (exact) mass is 575 g/mol. The first kappa shape index (κ1) is 25.9. The zero-order chi connectivity index (χ0) is 22.1. The Morgan fingerprint density at radius 1 is 1.19 bits per heavy atom. The zero-order valence-electron chi connectivity index (χ0n) is 17.5. The molecule has 0 aliphatic carbocycles. The SMILES string of the molecule is CCNC(=NCc1cc(Cl)ccc1OC(F)F)NCc1nccn1Cc1ccccc1.I. The van der Waals surface area contributed by atoms with Gasteiger partial charge in [-0.3, -0.25) is 0 Å². The van der Waals surface area contributed by atoms with Gasteiger partial charge in [-0.1, -0.05) is 41.9 Å². The molecule has 0 fully saturated rings. The van der Waals surface area contributed by atoms with Crippen LogP contribution in [0.25, 0.3) is 0 Å². The van der Waals surface area contributed by atoms with Gasteiger partial charge >= 0.3 is 6.61 Å². The van der Waals surface area contributed by atoms with Gasteiger partial charge in [-0.15, -0.1) is 24.0 Å². The van der Waals surface area contributed by atoms with Crippen LogP contribution >= 0.6 is 35.6 Å². The van der Waals surface area contributed by atoms with Gasteiger partial charge in [0.05, 0.1) is 13.1 Å². The summed E-state index contributed by atoms with van der Waals surface area (Å²) in [5, 5.41) is 6.79. The second-order valence-electron chi connectivity index (χ2n) is 6.64. The summed E-state index contributed by atoms with van der Waals surface area (Å²) in [6, 6.07) is 14.6. The number of benzene rings is 2. The normalized spacial score (nSPS) is 11.2. The quantitative estimate of drug-likeness (QED) is 0.213. The predicted molar refractivity (Wildman–Crippen MR) is 133 cm³/mol.